The van der Waals surface area contributed by atoms with Crippen molar-refractivity contribution in [2.45, 2.75) is 63.5 Å². The Labute approximate surface area is 97.8 Å². The van der Waals surface area contributed by atoms with Gasteiger partial charge in [0.15, 0.2) is 0 Å². The van der Waals surface area contributed by atoms with E-state index in [9.17, 15) is 9.90 Å². The number of hydrogen-bond donors (Lipinski definition) is 1. The Morgan fingerprint density at radius 3 is 2.81 bits per heavy atom. The molecule has 1 saturated heterocycles. The van der Waals surface area contributed by atoms with E-state index >= 15 is 0 Å². The van der Waals surface area contributed by atoms with Gasteiger partial charge in [0.2, 0.25) is 0 Å². The molecule has 16 heavy (non-hydrogen) atoms. The van der Waals surface area contributed by atoms with Crippen LogP contribution in [-0.4, -0.2) is 41.0 Å². The van der Waals surface area contributed by atoms with E-state index in [4.69, 9.17) is 0 Å². The van der Waals surface area contributed by atoms with Gasteiger partial charge < -0.3 is 5.11 Å². The van der Waals surface area contributed by atoms with Crippen LogP contribution in [0.5, 0.6) is 0 Å². The molecule has 2 fully saturated rings. The summed E-state index contributed by atoms with van der Waals surface area (Å²) in [5.41, 5.74) is 0. The molecule has 0 radical (unpaired) electrons. The van der Waals surface area contributed by atoms with Crippen molar-refractivity contribution in [1.82, 2.24) is 4.90 Å². The summed E-state index contributed by atoms with van der Waals surface area (Å²) < 4.78 is 0. The third-order valence-corrected chi connectivity index (χ3v) is 4.06. The number of likely N-dealkylation sites (tertiary alicyclic amines) is 1. The average Bonchev–Trinajstić information content (AvgIpc) is 2.53. The van der Waals surface area contributed by atoms with Gasteiger partial charge in [0.1, 0.15) is 5.78 Å². The number of Topliss-reactive ketones (excluding diaryl/α,β-unsaturated/α-hetero) is 1. The monoisotopic (exact) mass is 225 g/mol. The lowest BCUT2D eigenvalue weighted by Crippen LogP contribution is -2.46. The molecule has 2 atom stereocenters. The van der Waals surface area contributed by atoms with Crippen molar-refractivity contribution in [3.8, 4) is 0 Å². The molecular weight excluding hydrogens is 202 g/mol. The van der Waals surface area contributed by atoms with Gasteiger partial charge in [0.05, 0.1) is 6.61 Å². The van der Waals surface area contributed by atoms with E-state index in [1.54, 1.807) is 0 Å². The average molecular weight is 225 g/mol. The maximum absolute atomic E-state index is 11.5. The van der Waals surface area contributed by atoms with Crippen LogP contribution in [0.25, 0.3) is 0 Å². The van der Waals surface area contributed by atoms with Gasteiger partial charge in [-0.1, -0.05) is 12.8 Å². The van der Waals surface area contributed by atoms with Crippen LogP contribution in [0.1, 0.15) is 51.4 Å². The molecule has 1 saturated carbocycles. The van der Waals surface area contributed by atoms with Crippen molar-refractivity contribution < 1.29 is 9.90 Å². The number of hydrogen-bond acceptors (Lipinski definition) is 3. The first-order valence-corrected chi connectivity index (χ1v) is 6.69. The van der Waals surface area contributed by atoms with Crippen molar-refractivity contribution in [1.29, 1.82) is 0 Å². The van der Waals surface area contributed by atoms with E-state index in [2.05, 4.69) is 4.90 Å². The number of aliphatic hydroxyl groups excluding tert-OH is 1. The zero-order chi connectivity index (χ0) is 11.4. The Kier molecular flexibility index (Phi) is 4.36. The molecule has 1 aliphatic carbocycles. The molecule has 2 aliphatic rings. The van der Waals surface area contributed by atoms with Crippen LogP contribution in [0.4, 0.5) is 0 Å². The largest absolute Gasteiger partial charge is 0.395 e. The molecule has 1 aliphatic heterocycles. The van der Waals surface area contributed by atoms with Crippen LogP contribution in [0.15, 0.2) is 0 Å². The second kappa shape index (κ2) is 5.78. The summed E-state index contributed by atoms with van der Waals surface area (Å²) in [6.45, 7) is 1.33. The molecule has 0 bridgehead atoms. The zero-order valence-electron chi connectivity index (χ0n) is 10.0. The summed E-state index contributed by atoms with van der Waals surface area (Å²) >= 11 is 0. The van der Waals surface area contributed by atoms with E-state index in [1.807, 2.05) is 0 Å². The number of nitrogens with zero attached hydrogens (tertiary/aromatic N) is 1. The van der Waals surface area contributed by atoms with Crippen molar-refractivity contribution >= 4 is 5.78 Å². The van der Waals surface area contributed by atoms with E-state index in [0.717, 1.165) is 38.6 Å². The molecule has 3 nitrogen and oxygen atoms in total. The maximum atomic E-state index is 11.5. The first kappa shape index (κ1) is 12.1. The Morgan fingerprint density at radius 2 is 2.06 bits per heavy atom. The molecule has 1 N–H and O–H groups in total. The van der Waals surface area contributed by atoms with Crippen LogP contribution in [0.2, 0.25) is 0 Å². The SMILES string of the molecule is O=C1CCCC(N2CCCCCC2CO)C1. The van der Waals surface area contributed by atoms with Gasteiger partial charge in [-0.3, -0.25) is 9.69 Å². The van der Waals surface area contributed by atoms with Crippen LogP contribution in [0.3, 0.4) is 0 Å². The summed E-state index contributed by atoms with van der Waals surface area (Å²) in [7, 11) is 0. The van der Waals surface area contributed by atoms with Gasteiger partial charge in [-0.15, -0.1) is 0 Å². The Hall–Kier alpha value is -0.410. The number of ketones is 1. The minimum atomic E-state index is 0.255. The summed E-state index contributed by atoms with van der Waals surface area (Å²) in [5.74, 6) is 0.414. The number of carbonyl (C=O) groups excluding carboxylic acids is 1. The normalized spacial score (nSPS) is 33.7. The minimum absolute atomic E-state index is 0.255. The number of aliphatic hydroxyl groups is 1. The lowest BCUT2D eigenvalue weighted by Gasteiger charge is -2.37. The fraction of sp³-hybridized carbons (Fsp3) is 0.923. The van der Waals surface area contributed by atoms with E-state index in [0.29, 0.717) is 17.9 Å². The molecule has 0 aromatic carbocycles. The second-order valence-electron chi connectivity index (χ2n) is 5.21. The molecule has 3 heteroatoms. The predicted molar refractivity (Wildman–Crippen MR) is 63.3 cm³/mol. The van der Waals surface area contributed by atoms with Crippen molar-refractivity contribution in [3.63, 3.8) is 0 Å². The van der Waals surface area contributed by atoms with E-state index in [-0.39, 0.29) is 6.61 Å². The van der Waals surface area contributed by atoms with Gasteiger partial charge in [-0.05, 0) is 32.2 Å². The van der Waals surface area contributed by atoms with E-state index < -0.39 is 0 Å². The molecule has 92 valence electrons. The highest BCUT2D eigenvalue weighted by Crippen LogP contribution is 2.26. The third kappa shape index (κ3) is 2.83. The van der Waals surface area contributed by atoms with Crippen molar-refractivity contribution in [2.24, 2.45) is 0 Å². The summed E-state index contributed by atoms with van der Waals surface area (Å²) in [6.07, 6.45) is 8.49. The van der Waals surface area contributed by atoms with Crippen LogP contribution < -0.4 is 0 Å². The fourth-order valence-electron chi connectivity index (χ4n) is 3.16. The molecule has 1 heterocycles. The van der Waals surface area contributed by atoms with Gasteiger partial charge in [0.25, 0.3) is 0 Å². The van der Waals surface area contributed by atoms with Gasteiger partial charge >= 0.3 is 0 Å². The maximum Gasteiger partial charge on any atom is 0.134 e. The van der Waals surface area contributed by atoms with Gasteiger partial charge in [-0.2, -0.15) is 0 Å². The molecular formula is C13H23NO2. The zero-order valence-corrected chi connectivity index (χ0v) is 10.0. The standard InChI is InChI=1S/C13H23NO2/c15-10-12-5-2-1-3-8-14(12)11-6-4-7-13(16)9-11/h11-12,15H,1-10H2. The Balaban J connectivity index is 2.00. The summed E-state index contributed by atoms with van der Waals surface area (Å²) in [6, 6.07) is 0.717. The van der Waals surface area contributed by atoms with Gasteiger partial charge in [0, 0.05) is 24.9 Å². The molecule has 0 spiro atoms. The number of carbonyl (C=O) groups is 1. The fourth-order valence-corrected chi connectivity index (χ4v) is 3.16. The Morgan fingerprint density at radius 1 is 1.19 bits per heavy atom. The molecule has 0 aromatic heterocycles. The third-order valence-electron chi connectivity index (χ3n) is 4.06. The molecule has 2 unspecified atom stereocenters. The summed E-state index contributed by atoms with van der Waals surface area (Å²) in [5, 5.41) is 9.46. The molecule has 2 rings (SSSR count). The number of rotatable bonds is 2. The quantitative estimate of drug-likeness (QED) is 0.778. The first-order valence-electron chi connectivity index (χ1n) is 6.69. The van der Waals surface area contributed by atoms with Crippen LogP contribution in [-0.2, 0) is 4.79 Å². The first-order chi connectivity index (χ1) is 7.81. The highest BCUT2D eigenvalue weighted by Gasteiger charge is 2.30. The molecule has 0 amide bonds. The van der Waals surface area contributed by atoms with Crippen LogP contribution >= 0.6 is 0 Å². The predicted octanol–water partition coefficient (Wildman–Crippen LogP) is 1.73. The molecule has 0 aromatic rings. The van der Waals surface area contributed by atoms with E-state index in [1.165, 1.54) is 19.3 Å². The minimum Gasteiger partial charge on any atom is -0.395 e. The summed E-state index contributed by atoms with van der Waals surface area (Å²) in [4.78, 5) is 13.9. The van der Waals surface area contributed by atoms with Gasteiger partial charge in [-0.25, -0.2) is 0 Å². The highest BCUT2D eigenvalue weighted by atomic mass is 16.3. The van der Waals surface area contributed by atoms with Crippen molar-refractivity contribution in [3.05, 3.63) is 0 Å². The second-order valence-corrected chi connectivity index (χ2v) is 5.21. The smallest absolute Gasteiger partial charge is 0.134 e. The lowest BCUT2D eigenvalue weighted by molar-refractivity contribution is -0.122. The highest BCUT2D eigenvalue weighted by molar-refractivity contribution is 5.79. The lowest BCUT2D eigenvalue weighted by atomic mass is 9.92. The van der Waals surface area contributed by atoms with Crippen molar-refractivity contribution in [2.75, 3.05) is 13.2 Å². The van der Waals surface area contributed by atoms with Crippen LogP contribution in [0, 0.1) is 0 Å². The Bertz CT molecular complexity index is 242. The topological polar surface area (TPSA) is 40.5 Å².